The highest BCUT2D eigenvalue weighted by Gasteiger charge is 2.59. The van der Waals surface area contributed by atoms with Gasteiger partial charge in [-0.2, -0.15) is 10.1 Å². The van der Waals surface area contributed by atoms with Gasteiger partial charge in [-0.25, -0.2) is 4.39 Å². The lowest BCUT2D eigenvalue weighted by Gasteiger charge is -2.13. The number of carbonyl (C=O) groups excluding carboxylic acids is 2. The molecule has 5 nitrogen and oxygen atoms in total. The first-order valence-corrected chi connectivity index (χ1v) is 10.2. The number of hydrogen-bond donors (Lipinski definition) is 0. The van der Waals surface area contributed by atoms with E-state index in [2.05, 4.69) is 5.10 Å². The molecule has 0 aromatic heterocycles. The second kappa shape index (κ2) is 7.36. The van der Waals surface area contributed by atoms with Gasteiger partial charge in [-0.15, -0.1) is 0 Å². The number of halogens is 2. The fraction of sp³-hybridized carbons (Fsp3) is 0.261. The quantitative estimate of drug-likeness (QED) is 0.410. The number of allylic oxidation sites excluding steroid dienone is 2. The number of carbonyl (C=O) groups is 2. The summed E-state index contributed by atoms with van der Waals surface area (Å²) in [6, 6.07) is 11.2. The summed E-state index contributed by atoms with van der Waals surface area (Å²) < 4.78 is 18.9. The first-order chi connectivity index (χ1) is 14.5. The topological polar surface area (TPSA) is 59.0 Å². The Balaban J connectivity index is 1.27. The van der Waals surface area contributed by atoms with Gasteiger partial charge in [-0.05, 0) is 59.7 Å². The Bertz CT molecular complexity index is 1070. The number of amides is 2. The van der Waals surface area contributed by atoms with Crippen molar-refractivity contribution in [3.05, 3.63) is 76.6 Å². The van der Waals surface area contributed by atoms with E-state index in [4.69, 9.17) is 16.3 Å². The number of benzene rings is 2. The molecular formula is C23H18ClFN2O3. The van der Waals surface area contributed by atoms with Crippen molar-refractivity contribution in [2.45, 2.75) is 13.0 Å². The van der Waals surface area contributed by atoms with E-state index in [0.29, 0.717) is 21.9 Å². The Morgan fingerprint density at radius 2 is 1.83 bits per heavy atom. The molecule has 7 heteroatoms. The average Bonchev–Trinajstić information content (AvgIpc) is 3.40. The summed E-state index contributed by atoms with van der Waals surface area (Å²) in [5.41, 5.74) is 1.33. The van der Waals surface area contributed by atoms with Crippen LogP contribution in [0.3, 0.4) is 0 Å². The lowest BCUT2D eigenvalue weighted by molar-refractivity contribution is -0.140. The summed E-state index contributed by atoms with van der Waals surface area (Å²) in [5.74, 6) is -0.560. The van der Waals surface area contributed by atoms with Gasteiger partial charge in [0, 0.05) is 0 Å². The highest BCUT2D eigenvalue weighted by Crippen LogP contribution is 2.52. The molecule has 4 unspecified atom stereocenters. The molecule has 2 aliphatic carbocycles. The Hall–Kier alpha value is -2.99. The van der Waals surface area contributed by atoms with E-state index < -0.39 is 0 Å². The van der Waals surface area contributed by atoms with E-state index in [1.165, 1.54) is 18.3 Å². The molecule has 5 rings (SSSR count). The molecule has 30 heavy (non-hydrogen) atoms. The highest BCUT2D eigenvalue weighted by molar-refractivity contribution is 6.32. The summed E-state index contributed by atoms with van der Waals surface area (Å²) in [7, 11) is 0. The molecular weight excluding hydrogens is 407 g/mol. The SMILES string of the molecule is O=C1C2C3C=CC(C3)C2C(=O)N1N=Cc1ccc(OCc2cccc(F)c2)c(Cl)c1. The van der Waals surface area contributed by atoms with Gasteiger partial charge in [0.2, 0.25) is 0 Å². The molecule has 1 saturated heterocycles. The van der Waals surface area contributed by atoms with Crippen molar-refractivity contribution in [1.82, 2.24) is 5.01 Å². The second-order valence-electron chi connectivity index (χ2n) is 7.84. The van der Waals surface area contributed by atoms with Crippen LogP contribution in [0.15, 0.2) is 59.7 Å². The minimum Gasteiger partial charge on any atom is -0.487 e. The normalized spacial score (nSPS) is 26.8. The summed E-state index contributed by atoms with van der Waals surface area (Å²) in [6.07, 6.45) is 6.44. The Labute approximate surface area is 177 Å². The molecule has 152 valence electrons. The van der Waals surface area contributed by atoms with Crippen LogP contribution in [0, 0.1) is 29.5 Å². The van der Waals surface area contributed by atoms with E-state index in [0.717, 1.165) is 11.4 Å². The molecule has 2 amide bonds. The zero-order valence-electron chi connectivity index (χ0n) is 15.9. The molecule has 1 aliphatic heterocycles. The fourth-order valence-electron chi connectivity index (χ4n) is 4.63. The minimum atomic E-state index is -0.326. The van der Waals surface area contributed by atoms with Crippen molar-refractivity contribution in [3.8, 4) is 5.75 Å². The van der Waals surface area contributed by atoms with Gasteiger partial charge >= 0.3 is 0 Å². The summed E-state index contributed by atoms with van der Waals surface area (Å²) in [4.78, 5) is 25.3. The van der Waals surface area contributed by atoms with Crippen molar-refractivity contribution >= 4 is 29.6 Å². The average molecular weight is 425 g/mol. The first kappa shape index (κ1) is 19.0. The van der Waals surface area contributed by atoms with E-state index in [-0.39, 0.29) is 47.9 Å². The largest absolute Gasteiger partial charge is 0.487 e. The maximum Gasteiger partial charge on any atom is 0.254 e. The van der Waals surface area contributed by atoms with Crippen molar-refractivity contribution in [2.24, 2.45) is 28.8 Å². The van der Waals surface area contributed by atoms with E-state index in [1.54, 1.807) is 30.3 Å². The van der Waals surface area contributed by atoms with Crippen LogP contribution in [0.1, 0.15) is 17.5 Å². The molecule has 2 aromatic carbocycles. The fourth-order valence-corrected chi connectivity index (χ4v) is 4.87. The van der Waals surface area contributed by atoms with Crippen molar-refractivity contribution in [1.29, 1.82) is 0 Å². The van der Waals surface area contributed by atoms with E-state index in [9.17, 15) is 14.0 Å². The highest BCUT2D eigenvalue weighted by atomic mass is 35.5. The van der Waals surface area contributed by atoms with Gasteiger partial charge in [0.05, 0.1) is 23.1 Å². The Morgan fingerprint density at radius 1 is 1.10 bits per heavy atom. The minimum absolute atomic E-state index is 0.153. The van der Waals surface area contributed by atoms with Crippen LogP contribution in [0.25, 0.3) is 0 Å². The van der Waals surface area contributed by atoms with Gasteiger partial charge < -0.3 is 4.74 Å². The third-order valence-corrected chi connectivity index (χ3v) is 6.30. The molecule has 0 N–H and O–H groups in total. The summed E-state index contributed by atoms with van der Waals surface area (Å²) >= 11 is 6.29. The Kier molecular flexibility index (Phi) is 4.66. The molecule has 0 radical (unpaired) electrons. The molecule has 3 aliphatic rings. The monoisotopic (exact) mass is 424 g/mol. The van der Waals surface area contributed by atoms with Gasteiger partial charge in [-0.1, -0.05) is 35.9 Å². The molecule has 1 saturated carbocycles. The van der Waals surface area contributed by atoms with Gasteiger partial charge in [-0.3, -0.25) is 9.59 Å². The van der Waals surface area contributed by atoms with E-state index in [1.807, 2.05) is 12.2 Å². The number of rotatable bonds is 5. The number of fused-ring (bicyclic) bond motifs is 5. The number of imide groups is 1. The van der Waals surface area contributed by atoms with Crippen LogP contribution in [0.2, 0.25) is 5.02 Å². The third kappa shape index (κ3) is 3.21. The molecule has 2 fully saturated rings. The Morgan fingerprint density at radius 3 is 2.50 bits per heavy atom. The summed E-state index contributed by atoms with van der Waals surface area (Å²) in [6.45, 7) is 0.181. The van der Waals surface area contributed by atoms with Crippen LogP contribution in [0.4, 0.5) is 4.39 Å². The van der Waals surface area contributed by atoms with Crippen LogP contribution in [-0.4, -0.2) is 23.0 Å². The molecule has 2 aromatic rings. The zero-order chi connectivity index (χ0) is 20.8. The first-order valence-electron chi connectivity index (χ1n) is 9.78. The predicted molar refractivity (Wildman–Crippen MR) is 109 cm³/mol. The molecule has 1 heterocycles. The second-order valence-corrected chi connectivity index (χ2v) is 8.25. The van der Waals surface area contributed by atoms with Gasteiger partial charge in [0.1, 0.15) is 18.2 Å². The van der Waals surface area contributed by atoms with Crippen LogP contribution in [-0.2, 0) is 16.2 Å². The molecule has 0 spiro atoms. The zero-order valence-corrected chi connectivity index (χ0v) is 16.6. The van der Waals surface area contributed by atoms with Crippen LogP contribution < -0.4 is 4.74 Å². The third-order valence-electron chi connectivity index (χ3n) is 6.01. The number of hydrazone groups is 1. The lowest BCUT2D eigenvalue weighted by atomic mass is 9.85. The molecule has 4 atom stereocenters. The maximum absolute atomic E-state index is 13.3. The van der Waals surface area contributed by atoms with E-state index >= 15 is 0 Å². The maximum atomic E-state index is 13.3. The summed E-state index contributed by atoms with van der Waals surface area (Å²) in [5, 5.41) is 5.51. The standard InChI is InChI=1S/C23H18ClFN2O3/c24-18-9-13(4-7-19(18)30-12-14-2-1-3-17(25)8-14)11-26-27-22(28)20-15-5-6-16(10-15)21(20)23(27)29/h1-9,11,15-16,20-21H,10,12H2. The van der Waals surface area contributed by atoms with Crippen LogP contribution in [0.5, 0.6) is 5.75 Å². The lowest BCUT2D eigenvalue weighted by Crippen LogP contribution is -2.28. The van der Waals surface area contributed by atoms with Crippen LogP contribution >= 0.6 is 11.6 Å². The van der Waals surface area contributed by atoms with Gasteiger partial charge in [0.15, 0.2) is 0 Å². The predicted octanol–water partition coefficient (Wildman–Crippen LogP) is 4.20. The molecule has 2 bridgehead atoms. The number of nitrogens with zero attached hydrogens (tertiary/aromatic N) is 2. The smallest absolute Gasteiger partial charge is 0.254 e. The van der Waals surface area contributed by atoms with Gasteiger partial charge in [0.25, 0.3) is 11.8 Å². The van der Waals surface area contributed by atoms with Crippen molar-refractivity contribution < 1.29 is 18.7 Å². The number of ether oxygens (including phenoxy) is 1. The number of hydrogen-bond acceptors (Lipinski definition) is 4. The van der Waals surface area contributed by atoms with Crippen molar-refractivity contribution in [3.63, 3.8) is 0 Å². The van der Waals surface area contributed by atoms with Crippen molar-refractivity contribution in [2.75, 3.05) is 0 Å².